The molecule has 30 heavy (non-hydrogen) atoms. The standard InChI is InChI=1S/C20H29N5O5/c1-12(2)30-19(27)24-9-13(3)25(20(28)29-4)16-6-5-14(7-17(16)24)15-8-22-23(10-15)11-18(21)26/h5-7,12-13,15,22H,8-11H2,1-4H3,(H2,21,26)/t13-,15?/m0/s1. The molecule has 0 saturated carbocycles. The number of carbonyl (C=O) groups is 3. The average Bonchev–Trinajstić information content (AvgIpc) is 3.13. The number of methoxy groups -OCH3 is 1. The first kappa shape index (κ1) is 21.8. The third-order valence-corrected chi connectivity index (χ3v) is 5.19. The largest absolute Gasteiger partial charge is 0.452 e. The molecule has 3 rings (SSSR count). The van der Waals surface area contributed by atoms with E-state index in [-0.39, 0.29) is 31.2 Å². The minimum absolute atomic E-state index is 0.101. The Bertz CT molecular complexity index is 830. The summed E-state index contributed by atoms with van der Waals surface area (Å²) in [5, 5.41) is 1.78. The van der Waals surface area contributed by atoms with E-state index in [1.165, 1.54) is 7.11 Å². The number of hydrazine groups is 1. The third kappa shape index (κ3) is 4.49. The summed E-state index contributed by atoms with van der Waals surface area (Å²) in [6, 6.07) is 5.37. The van der Waals surface area contributed by atoms with Crippen molar-refractivity contribution < 1.29 is 23.9 Å². The van der Waals surface area contributed by atoms with Crippen molar-refractivity contribution in [1.82, 2.24) is 10.4 Å². The fourth-order valence-electron chi connectivity index (χ4n) is 3.88. The fraction of sp³-hybridized carbons (Fsp3) is 0.550. The highest BCUT2D eigenvalue weighted by Gasteiger charge is 2.37. The number of ether oxygens (including phenoxy) is 2. The Hall–Kier alpha value is -2.85. The Labute approximate surface area is 175 Å². The Morgan fingerprint density at radius 2 is 1.93 bits per heavy atom. The first-order valence-electron chi connectivity index (χ1n) is 9.97. The molecule has 1 aromatic rings. The van der Waals surface area contributed by atoms with Crippen LogP contribution in [0, 0.1) is 0 Å². The van der Waals surface area contributed by atoms with Gasteiger partial charge in [0.2, 0.25) is 5.91 Å². The number of hydrogen-bond acceptors (Lipinski definition) is 7. The van der Waals surface area contributed by atoms with E-state index >= 15 is 0 Å². The molecule has 0 spiro atoms. The maximum absolute atomic E-state index is 12.8. The predicted octanol–water partition coefficient (Wildman–Crippen LogP) is 1.40. The number of anilines is 2. The highest BCUT2D eigenvalue weighted by molar-refractivity contribution is 6.01. The summed E-state index contributed by atoms with van der Waals surface area (Å²) in [7, 11) is 1.33. The number of nitrogens with two attached hydrogens (primary N) is 1. The summed E-state index contributed by atoms with van der Waals surface area (Å²) in [4.78, 5) is 39.5. The second-order valence-corrected chi connectivity index (χ2v) is 7.89. The maximum atomic E-state index is 12.8. The van der Waals surface area contributed by atoms with E-state index in [1.807, 2.05) is 25.1 Å². The van der Waals surface area contributed by atoms with Crippen LogP contribution in [0.3, 0.4) is 0 Å². The quantitative estimate of drug-likeness (QED) is 0.757. The van der Waals surface area contributed by atoms with Crippen LogP contribution in [-0.2, 0) is 14.3 Å². The summed E-state index contributed by atoms with van der Waals surface area (Å²) in [5.74, 6) is -0.303. The van der Waals surface area contributed by atoms with E-state index in [9.17, 15) is 14.4 Å². The molecule has 164 valence electrons. The summed E-state index contributed by atoms with van der Waals surface area (Å²) in [6.45, 7) is 7.10. The molecular formula is C20H29N5O5. The van der Waals surface area contributed by atoms with Gasteiger partial charge in [0.15, 0.2) is 0 Å². The average molecular weight is 419 g/mol. The minimum atomic E-state index is -0.483. The molecule has 3 amide bonds. The number of nitrogens with zero attached hydrogens (tertiary/aromatic N) is 3. The van der Waals surface area contributed by atoms with E-state index in [0.29, 0.717) is 24.5 Å². The van der Waals surface area contributed by atoms with Gasteiger partial charge in [-0.25, -0.2) is 14.6 Å². The smallest absolute Gasteiger partial charge is 0.414 e. The van der Waals surface area contributed by atoms with Gasteiger partial charge in [0.25, 0.3) is 0 Å². The molecule has 2 aliphatic heterocycles. The molecule has 0 aromatic heterocycles. The van der Waals surface area contributed by atoms with Crippen LogP contribution in [0.2, 0.25) is 0 Å². The Kier molecular flexibility index (Phi) is 6.47. The molecule has 10 nitrogen and oxygen atoms in total. The minimum Gasteiger partial charge on any atom is -0.452 e. The highest BCUT2D eigenvalue weighted by Crippen LogP contribution is 2.39. The maximum Gasteiger partial charge on any atom is 0.414 e. The first-order chi connectivity index (χ1) is 14.2. The topological polar surface area (TPSA) is 117 Å². The molecule has 1 unspecified atom stereocenters. The van der Waals surface area contributed by atoms with Crippen LogP contribution in [0.25, 0.3) is 0 Å². The molecule has 10 heteroatoms. The van der Waals surface area contributed by atoms with E-state index in [2.05, 4.69) is 5.43 Å². The zero-order chi connectivity index (χ0) is 22.0. The molecule has 2 aliphatic rings. The Morgan fingerprint density at radius 1 is 1.20 bits per heavy atom. The van der Waals surface area contributed by atoms with Crippen LogP contribution in [0.5, 0.6) is 0 Å². The van der Waals surface area contributed by atoms with Crippen LogP contribution >= 0.6 is 0 Å². The van der Waals surface area contributed by atoms with Gasteiger partial charge in [-0.2, -0.15) is 0 Å². The highest BCUT2D eigenvalue weighted by atomic mass is 16.6. The molecule has 1 fully saturated rings. The van der Waals surface area contributed by atoms with Crippen molar-refractivity contribution in [2.75, 3.05) is 43.1 Å². The monoisotopic (exact) mass is 419 g/mol. The predicted molar refractivity (Wildman–Crippen MR) is 111 cm³/mol. The van der Waals surface area contributed by atoms with Crippen molar-refractivity contribution in [1.29, 1.82) is 0 Å². The number of hydrogen-bond donors (Lipinski definition) is 2. The van der Waals surface area contributed by atoms with Crippen LogP contribution in [0.4, 0.5) is 21.0 Å². The van der Waals surface area contributed by atoms with Gasteiger partial charge in [0.05, 0.1) is 43.7 Å². The van der Waals surface area contributed by atoms with Gasteiger partial charge in [0, 0.05) is 19.0 Å². The van der Waals surface area contributed by atoms with Gasteiger partial charge in [-0.1, -0.05) is 6.07 Å². The number of carbonyl (C=O) groups excluding carboxylic acids is 3. The number of amides is 3. The van der Waals surface area contributed by atoms with Gasteiger partial charge in [0.1, 0.15) is 0 Å². The molecule has 2 atom stereocenters. The number of primary amides is 1. The molecule has 0 aliphatic carbocycles. The van der Waals surface area contributed by atoms with E-state index < -0.39 is 18.1 Å². The van der Waals surface area contributed by atoms with Crippen LogP contribution in [0.15, 0.2) is 18.2 Å². The summed E-state index contributed by atoms with van der Waals surface area (Å²) >= 11 is 0. The Balaban J connectivity index is 1.95. The van der Waals surface area contributed by atoms with E-state index in [4.69, 9.17) is 15.2 Å². The van der Waals surface area contributed by atoms with E-state index in [1.54, 1.807) is 28.7 Å². The number of benzene rings is 1. The SMILES string of the molecule is COC(=O)N1c2ccc(C3CNN(CC(N)=O)C3)cc2N(C(=O)OC(C)C)C[C@@H]1C. The first-order valence-corrected chi connectivity index (χ1v) is 9.97. The molecule has 0 radical (unpaired) electrons. The second kappa shape index (κ2) is 8.88. The number of rotatable bonds is 4. The Morgan fingerprint density at radius 3 is 2.57 bits per heavy atom. The fourth-order valence-corrected chi connectivity index (χ4v) is 3.88. The molecule has 1 saturated heterocycles. The zero-order valence-electron chi connectivity index (χ0n) is 17.8. The lowest BCUT2D eigenvalue weighted by atomic mass is 9.97. The lowest BCUT2D eigenvalue weighted by Crippen LogP contribution is -2.52. The van der Waals surface area contributed by atoms with Gasteiger partial charge in [-0.3, -0.25) is 20.0 Å². The summed E-state index contributed by atoms with van der Waals surface area (Å²) < 4.78 is 10.4. The van der Waals surface area contributed by atoms with Crippen molar-refractivity contribution in [2.24, 2.45) is 5.73 Å². The second-order valence-electron chi connectivity index (χ2n) is 7.89. The normalized spacial score (nSPS) is 21.5. The van der Waals surface area contributed by atoms with Crippen molar-refractivity contribution >= 4 is 29.5 Å². The van der Waals surface area contributed by atoms with Gasteiger partial charge >= 0.3 is 12.2 Å². The number of nitrogens with one attached hydrogen (secondary N) is 1. The van der Waals surface area contributed by atoms with Gasteiger partial charge in [-0.15, -0.1) is 0 Å². The van der Waals surface area contributed by atoms with Crippen LogP contribution in [0.1, 0.15) is 32.3 Å². The van der Waals surface area contributed by atoms with Crippen LogP contribution < -0.4 is 21.0 Å². The molecule has 3 N–H and O–H groups in total. The molecule has 1 aromatic carbocycles. The zero-order valence-corrected chi connectivity index (χ0v) is 17.8. The lowest BCUT2D eigenvalue weighted by Gasteiger charge is -2.40. The van der Waals surface area contributed by atoms with Crippen molar-refractivity contribution in [3.63, 3.8) is 0 Å². The summed E-state index contributed by atoms with van der Waals surface area (Å²) in [5.41, 5.74) is 10.6. The third-order valence-electron chi connectivity index (χ3n) is 5.19. The summed E-state index contributed by atoms with van der Waals surface area (Å²) in [6.07, 6.45) is -1.21. The van der Waals surface area contributed by atoms with Crippen molar-refractivity contribution in [3.05, 3.63) is 23.8 Å². The lowest BCUT2D eigenvalue weighted by molar-refractivity contribution is -0.119. The molecular weight excluding hydrogens is 390 g/mol. The van der Waals surface area contributed by atoms with Crippen molar-refractivity contribution in [3.8, 4) is 0 Å². The number of fused-ring (bicyclic) bond motifs is 1. The van der Waals surface area contributed by atoms with Crippen LogP contribution in [-0.4, -0.2) is 68.5 Å². The molecule has 2 heterocycles. The van der Waals surface area contributed by atoms with Gasteiger partial charge in [-0.05, 0) is 38.5 Å². The molecule has 0 bridgehead atoms. The van der Waals surface area contributed by atoms with Crippen molar-refractivity contribution in [2.45, 2.75) is 38.8 Å². The van der Waals surface area contributed by atoms with Gasteiger partial charge < -0.3 is 15.2 Å². The van der Waals surface area contributed by atoms with E-state index in [0.717, 1.165) is 5.56 Å².